The van der Waals surface area contributed by atoms with Crippen molar-refractivity contribution >= 4 is 11.3 Å². The minimum atomic E-state index is 0.696. The van der Waals surface area contributed by atoms with Crippen molar-refractivity contribution in [1.82, 2.24) is 0 Å². The topological polar surface area (TPSA) is 0 Å². The van der Waals surface area contributed by atoms with Crippen molar-refractivity contribution in [2.75, 3.05) is 0 Å². The van der Waals surface area contributed by atoms with E-state index in [9.17, 15) is 0 Å². The van der Waals surface area contributed by atoms with Crippen molar-refractivity contribution < 1.29 is 0 Å². The third kappa shape index (κ3) is 18.9. The third-order valence-corrected chi connectivity index (χ3v) is 2.85. The van der Waals surface area contributed by atoms with Crippen LogP contribution in [0.25, 0.3) is 0 Å². The quantitative estimate of drug-likeness (QED) is 0.495. The van der Waals surface area contributed by atoms with Gasteiger partial charge >= 0.3 is 0 Å². The van der Waals surface area contributed by atoms with Crippen LogP contribution in [0, 0.1) is 6.92 Å². The van der Waals surface area contributed by atoms with E-state index in [1.54, 1.807) is 11.3 Å². The van der Waals surface area contributed by atoms with Crippen LogP contribution in [0.2, 0.25) is 0 Å². The molecule has 128 valence electrons. The van der Waals surface area contributed by atoms with Crippen molar-refractivity contribution in [2.24, 2.45) is 0 Å². The van der Waals surface area contributed by atoms with Gasteiger partial charge in [0.1, 0.15) is 0 Å². The first-order valence-electron chi connectivity index (χ1n) is 8.65. The summed E-state index contributed by atoms with van der Waals surface area (Å²) in [6, 6.07) is 12.4. The maximum atomic E-state index is 2.21. The van der Waals surface area contributed by atoms with Crippen LogP contribution in [0.1, 0.15) is 78.9 Å². The zero-order chi connectivity index (χ0) is 17.8. The van der Waals surface area contributed by atoms with E-state index in [-0.39, 0.29) is 0 Å². The van der Waals surface area contributed by atoms with Crippen molar-refractivity contribution in [3.05, 3.63) is 58.3 Å². The van der Waals surface area contributed by atoms with Crippen molar-refractivity contribution in [1.29, 1.82) is 0 Å². The van der Waals surface area contributed by atoms with Gasteiger partial charge in [0.05, 0.1) is 0 Å². The molecule has 0 aliphatic heterocycles. The molecule has 0 N–H and O–H groups in total. The van der Waals surface area contributed by atoms with Crippen LogP contribution in [0.5, 0.6) is 0 Å². The average Bonchev–Trinajstić information content (AvgIpc) is 3.08. The van der Waals surface area contributed by atoms with Crippen molar-refractivity contribution in [3.8, 4) is 0 Å². The Morgan fingerprint density at radius 2 is 1.32 bits per heavy atom. The first-order chi connectivity index (χ1) is 10.6. The molecular formula is C21H38S. The SMILES string of the molecule is CC.CC.CC(C)c1ccsc1.CCC.Cc1ccccc1. The van der Waals surface area contributed by atoms with Crippen molar-refractivity contribution in [2.45, 2.75) is 74.7 Å². The van der Waals surface area contributed by atoms with E-state index in [2.05, 4.69) is 63.6 Å². The number of rotatable bonds is 1. The maximum absolute atomic E-state index is 2.21. The third-order valence-electron chi connectivity index (χ3n) is 2.15. The highest BCUT2D eigenvalue weighted by atomic mass is 32.1. The van der Waals surface area contributed by atoms with E-state index >= 15 is 0 Å². The summed E-state index contributed by atoms with van der Waals surface area (Å²) in [4.78, 5) is 0. The molecule has 1 aromatic carbocycles. The van der Waals surface area contributed by atoms with Crippen LogP contribution in [-0.4, -0.2) is 0 Å². The summed E-state index contributed by atoms with van der Waals surface area (Å²) in [6.45, 7) is 18.8. The fourth-order valence-electron chi connectivity index (χ4n) is 1.14. The van der Waals surface area contributed by atoms with Gasteiger partial charge in [0.15, 0.2) is 0 Å². The Kier molecular flexibility index (Phi) is 26.1. The molecule has 0 radical (unpaired) electrons. The summed E-state index contributed by atoms with van der Waals surface area (Å²) in [6.07, 6.45) is 1.25. The zero-order valence-corrected chi connectivity index (χ0v) is 17.1. The molecule has 0 saturated carbocycles. The van der Waals surface area contributed by atoms with E-state index in [0.29, 0.717) is 5.92 Å². The predicted molar refractivity (Wildman–Crippen MR) is 108 cm³/mol. The molecule has 0 bridgehead atoms. The summed E-state index contributed by atoms with van der Waals surface area (Å²) in [7, 11) is 0. The van der Waals surface area contributed by atoms with Gasteiger partial charge in [0, 0.05) is 0 Å². The van der Waals surface area contributed by atoms with Gasteiger partial charge in [-0.3, -0.25) is 0 Å². The lowest BCUT2D eigenvalue weighted by Crippen LogP contribution is -1.79. The second-order valence-corrected chi connectivity index (χ2v) is 5.35. The number of hydrogen-bond donors (Lipinski definition) is 0. The predicted octanol–water partition coefficient (Wildman–Crippen LogP) is 8.34. The number of hydrogen-bond acceptors (Lipinski definition) is 1. The monoisotopic (exact) mass is 322 g/mol. The number of aryl methyl sites for hydroxylation is 1. The fraction of sp³-hybridized carbons (Fsp3) is 0.524. The summed E-state index contributed by atoms with van der Waals surface area (Å²) in [5.41, 5.74) is 2.78. The van der Waals surface area contributed by atoms with E-state index in [4.69, 9.17) is 0 Å². The molecular weight excluding hydrogens is 284 g/mol. The minimum absolute atomic E-state index is 0.696. The van der Waals surface area contributed by atoms with Gasteiger partial charge in [-0.05, 0) is 35.2 Å². The van der Waals surface area contributed by atoms with E-state index in [1.807, 2.05) is 45.9 Å². The highest BCUT2D eigenvalue weighted by Gasteiger charge is 1.95. The second-order valence-electron chi connectivity index (χ2n) is 4.57. The molecule has 0 saturated heterocycles. The molecule has 1 aromatic heterocycles. The standard InChI is InChI=1S/C7H10S.C7H8.C3H8.2C2H6/c1-6(2)7-3-4-8-5-7;1-7-5-3-2-4-6-7;1-3-2;2*1-2/h3-6H,1-2H3;2-6H,1H3;3H2,1-2H3;2*1-2H3. The van der Waals surface area contributed by atoms with Crippen LogP contribution in [0.15, 0.2) is 47.2 Å². The van der Waals surface area contributed by atoms with Crippen LogP contribution in [0.4, 0.5) is 0 Å². The molecule has 0 fully saturated rings. The zero-order valence-electron chi connectivity index (χ0n) is 16.3. The largest absolute Gasteiger partial charge is 0.152 e. The summed E-state index contributed by atoms with van der Waals surface area (Å²) >= 11 is 1.77. The highest BCUT2D eigenvalue weighted by molar-refractivity contribution is 7.07. The summed E-state index contributed by atoms with van der Waals surface area (Å²) in [5.74, 6) is 0.696. The van der Waals surface area contributed by atoms with Crippen LogP contribution in [0.3, 0.4) is 0 Å². The molecule has 0 spiro atoms. The van der Waals surface area contributed by atoms with Crippen LogP contribution < -0.4 is 0 Å². The van der Waals surface area contributed by atoms with Crippen LogP contribution >= 0.6 is 11.3 Å². The van der Waals surface area contributed by atoms with Gasteiger partial charge in [-0.15, -0.1) is 0 Å². The van der Waals surface area contributed by atoms with E-state index < -0.39 is 0 Å². The Balaban J connectivity index is -0.000000236. The van der Waals surface area contributed by atoms with E-state index in [1.165, 1.54) is 17.5 Å². The highest BCUT2D eigenvalue weighted by Crippen LogP contribution is 2.16. The second kappa shape index (κ2) is 22.2. The molecule has 2 rings (SSSR count). The smallest absolute Gasteiger partial charge is 0.00586 e. The summed E-state index contributed by atoms with van der Waals surface area (Å²) in [5, 5.41) is 4.32. The Hall–Kier alpha value is -1.08. The molecule has 0 amide bonds. The van der Waals surface area contributed by atoms with Gasteiger partial charge in [0.25, 0.3) is 0 Å². The lowest BCUT2D eigenvalue weighted by atomic mass is 10.1. The van der Waals surface area contributed by atoms with Gasteiger partial charge in [-0.25, -0.2) is 0 Å². The lowest BCUT2D eigenvalue weighted by Gasteiger charge is -1.96. The molecule has 0 nitrogen and oxygen atoms in total. The van der Waals surface area contributed by atoms with Gasteiger partial charge in [0.2, 0.25) is 0 Å². The van der Waals surface area contributed by atoms with E-state index in [0.717, 1.165) is 0 Å². The molecule has 1 heteroatoms. The van der Waals surface area contributed by atoms with Gasteiger partial charge in [-0.1, -0.05) is 97.7 Å². The van der Waals surface area contributed by atoms with Crippen molar-refractivity contribution in [3.63, 3.8) is 0 Å². The lowest BCUT2D eigenvalue weighted by molar-refractivity contribution is 0.872. The van der Waals surface area contributed by atoms with Gasteiger partial charge in [-0.2, -0.15) is 11.3 Å². The molecule has 0 aliphatic rings. The normalized spacial score (nSPS) is 7.91. The Labute approximate surface area is 144 Å². The molecule has 0 aliphatic carbocycles. The van der Waals surface area contributed by atoms with Gasteiger partial charge < -0.3 is 0 Å². The Bertz CT molecular complexity index is 360. The number of benzene rings is 1. The molecule has 0 unspecified atom stereocenters. The molecule has 22 heavy (non-hydrogen) atoms. The summed E-state index contributed by atoms with van der Waals surface area (Å²) < 4.78 is 0. The fourth-order valence-corrected chi connectivity index (χ4v) is 1.96. The molecule has 2 aromatic rings. The number of thiophene rings is 1. The average molecular weight is 323 g/mol. The molecule has 0 atom stereocenters. The first kappa shape index (κ1) is 25.9. The first-order valence-corrected chi connectivity index (χ1v) is 9.59. The van der Waals surface area contributed by atoms with Crippen LogP contribution in [-0.2, 0) is 0 Å². The maximum Gasteiger partial charge on any atom is -0.00586 e. The minimum Gasteiger partial charge on any atom is -0.152 e. The Morgan fingerprint density at radius 1 is 0.864 bits per heavy atom. The Morgan fingerprint density at radius 3 is 1.50 bits per heavy atom. The molecule has 1 heterocycles.